The van der Waals surface area contributed by atoms with Gasteiger partial charge in [0.25, 0.3) is 11.8 Å². The first-order valence-corrected chi connectivity index (χ1v) is 8.24. The molecule has 2 aromatic heterocycles. The molecule has 2 aromatic carbocycles. The standard InChI is InChI=1S/C20H15N3O4/c24-20(21-14-7-2-1-3-8-14)15-9-4-5-10-16(15)26-13-18-22-19(23-27-18)17-11-6-12-25-17/h1-12H,13H2,(H,21,24). The molecule has 134 valence electrons. The number of anilines is 1. The molecule has 27 heavy (non-hydrogen) atoms. The Kier molecular flexibility index (Phi) is 4.65. The normalized spacial score (nSPS) is 10.5. The van der Waals surface area contributed by atoms with E-state index in [2.05, 4.69) is 15.5 Å². The summed E-state index contributed by atoms with van der Waals surface area (Å²) in [6.45, 7) is 0.0311. The van der Waals surface area contributed by atoms with Crippen molar-refractivity contribution in [1.82, 2.24) is 10.1 Å². The van der Waals surface area contributed by atoms with E-state index < -0.39 is 0 Å². The van der Waals surface area contributed by atoms with Crippen molar-refractivity contribution < 1.29 is 18.5 Å². The summed E-state index contributed by atoms with van der Waals surface area (Å²) < 4.78 is 16.1. The van der Waals surface area contributed by atoms with Crippen LogP contribution < -0.4 is 10.1 Å². The molecule has 0 saturated carbocycles. The van der Waals surface area contributed by atoms with E-state index in [1.807, 2.05) is 30.3 Å². The molecule has 0 spiro atoms. The van der Waals surface area contributed by atoms with Crippen LogP contribution in [0.15, 0.2) is 81.9 Å². The average molecular weight is 361 g/mol. The van der Waals surface area contributed by atoms with Crippen molar-refractivity contribution >= 4 is 11.6 Å². The molecule has 1 amide bonds. The maximum Gasteiger partial charge on any atom is 0.264 e. The third kappa shape index (κ3) is 3.87. The predicted octanol–water partition coefficient (Wildman–Crippen LogP) is 4.16. The summed E-state index contributed by atoms with van der Waals surface area (Å²) >= 11 is 0. The van der Waals surface area contributed by atoms with Crippen molar-refractivity contribution in [3.63, 3.8) is 0 Å². The summed E-state index contributed by atoms with van der Waals surface area (Å²) in [4.78, 5) is 16.8. The average Bonchev–Trinajstić information content (AvgIpc) is 3.39. The molecule has 7 nitrogen and oxygen atoms in total. The summed E-state index contributed by atoms with van der Waals surface area (Å²) in [6, 6.07) is 19.7. The minimum absolute atomic E-state index is 0.0311. The van der Waals surface area contributed by atoms with E-state index in [9.17, 15) is 4.79 Å². The Morgan fingerprint density at radius 3 is 2.63 bits per heavy atom. The first-order chi connectivity index (χ1) is 13.3. The van der Waals surface area contributed by atoms with Gasteiger partial charge in [-0.05, 0) is 36.4 Å². The van der Waals surface area contributed by atoms with Crippen molar-refractivity contribution in [3.05, 3.63) is 84.4 Å². The van der Waals surface area contributed by atoms with E-state index in [-0.39, 0.29) is 18.4 Å². The summed E-state index contributed by atoms with van der Waals surface area (Å²) in [7, 11) is 0. The molecule has 0 fully saturated rings. The molecule has 2 heterocycles. The smallest absolute Gasteiger partial charge is 0.264 e. The molecule has 0 saturated heterocycles. The molecule has 4 aromatic rings. The minimum Gasteiger partial charge on any atom is -0.483 e. The van der Waals surface area contributed by atoms with Crippen molar-refractivity contribution in [2.45, 2.75) is 6.61 Å². The molecule has 0 radical (unpaired) electrons. The Hall–Kier alpha value is -3.87. The molecule has 0 aliphatic rings. The summed E-state index contributed by atoms with van der Waals surface area (Å²) in [5.41, 5.74) is 1.12. The van der Waals surface area contributed by atoms with Gasteiger partial charge in [0, 0.05) is 5.69 Å². The van der Waals surface area contributed by atoms with Gasteiger partial charge in [-0.1, -0.05) is 35.5 Å². The van der Waals surface area contributed by atoms with Crippen LogP contribution in [0.25, 0.3) is 11.6 Å². The van der Waals surface area contributed by atoms with Crippen LogP contribution >= 0.6 is 0 Å². The summed E-state index contributed by atoms with van der Waals surface area (Å²) in [6.07, 6.45) is 1.53. The fourth-order valence-corrected chi connectivity index (χ4v) is 2.46. The molecule has 0 atom stereocenters. The summed E-state index contributed by atoms with van der Waals surface area (Å²) in [5, 5.41) is 6.68. The number of benzene rings is 2. The van der Waals surface area contributed by atoms with Crippen LogP contribution in [0, 0.1) is 0 Å². The molecule has 0 bridgehead atoms. The lowest BCUT2D eigenvalue weighted by Crippen LogP contribution is -2.13. The Bertz CT molecular complexity index is 1030. The predicted molar refractivity (Wildman–Crippen MR) is 97.2 cm³/mol. The molecule has 0 unspecified atom stereocenters. The van der Waals surface area contributed by atoms with E-state index in [1.54, 1.807) is 36.4 Å². The fourth-order valence-electron chi connectivity index (χ4n) is 2.46. The number of hydrogen-bond acceptors (Lipinski definition) is 6. The van der Waals surface area contributed by atoms with Crippen molar-refractivity contribution in [3.8, 4) is 17.3 Å². The Morgan fingerprint density at radius 2 is 1.81 bits per heavy atom. The third-order valence-corrected chi connectivity index (χ3v) is 3.72. The quantitative estimate of drug-likeness (QED) is 0.554. The molecule has 0 aliphatic carbocycles. The van der Waals surface area contributed by atoms with Gasteiger partial charge >= 0.3 is 0 Å². The number of carbonyl (C=O) groups is 1. The van der Waals surface area contributed by atoms with Crippen LogP contribution in [0.3, 0.4) is 0 Å². The molecule has 1 N–H and O–H groups in total. The Labute approximate surface area is 154 Å². The van der Waals surface area contributed by atoms with E-state index in [0.717, 1.165) is 0 Å². The zero-order valence-electron chi connectivity index (χ0n) is 14.2. The van der Waals surface area contributed by atoms with Crippen LogP contribution in [-0.2, 0) is 6.61 Å². The fraction of sp³-hybridized carbons (Fsp3) is 0.0500. The zero-order chi connectivity index (χ0) is 18.5. The second-order valence-electron chi connectivity index (χ2n) is 5.59. The van der Waals surface area contributed by atoms with Crippen LogP contribution in [0.5, 0.6) is 5.75 Å². The van der Waals surface area contributed by atoms with Gasteiger partial charge < -0.3 is 19.0 Å². The van der Waals surface area contributed by atoms with Crippen molar-refractivity contribution in [1.29, 1.82) is 0 Å². The number of furan rings is 1. The largest absolute Gasteiger partial charge is 0.483 e. The van der Waals surface area contributed by atoms with Crippen LogP contribution in [-0.4, -0.2) is 16.0 Å². The van der Waals surface area contributed by atoms with Gasteiger partial charge in [0.15, 0.2) is 12.4 Å². The molecular weight excluding hydrogens is 346 g/mol. The molecule has 7 heteroatoms. The third-order valence-electron chi connectivity index (χ3n) is 3.72. The molecule has 4 rings (SSSR count). The lowest BCUT2D eigenvalue weighted by atomic mass is 10.2. The van der Waals surface area contributed by atoms with E-state index in [0.29, 0.717) is 28.6 Å². The monoisotopic (exact) mass is 361 g/mol. The number of ether oxygens (including phenoxy) is 1. The van der Waals surface area contributed by atoms with E-state index in [4.69, 9.17) is 13.7 Å². The van der Waals surface area contributed by atoms with Gasteiger partial charge in [0.1, 0.15) is 5.75 Å². The van der Waals surface area contributed by atoms with Gasteiger partial charge in [-0.3, -0.25) is 4.79 Å². The van der Waals surface area contributed by atoms with Crippen molar-refractivity contribution in [2.75, 3.05) is 5.32 Å². The number of para-hydroxylation sites is 2. The van der Waals surface area contributed by atoms with E-state index in [1.165, 1.54) is 6.26 Å². The summed E-state index contributed by atoms with van der Waals surface area (Å²) in [5.74, 6) is 1.28. The zero-order valence-corrected chi connectivity index (χ0v) is 14.2. The first kappa shape index (κ1) is 16.6. The molecular formula is C20H15N3O4. The first-order valence-electron chi connectivity index (χ1n) is 8.24. The number of nitrogens with one attached hydrogen (secondary N) is 1. The number of amides is 1. The second kappa shape index (κ2) is 7.57. The number of rotatable bonds is 6. The van der Waals surface area contributed by atoms with Gasteiger partial charge in [-0.15, -0.1) is 0 Å². The lowest BCUT2D eigenvalue weighted by Gasteiger charge is -2.10. The van der Waals surface area contributed by atoms with E-state index >= 15 is 0 Å². The second-order valence-corrected chi connectivity index (χ2v) is 5.59. The van der Waals surface area contributed by atoms with Gasteiger partial charge in [-0.25, -0.2) is 0 Å². The van der Waals surface area contributed by atoms with Crippen LogP contribution in [0.4, 0.5) is 5.69 Å². The van der Waals surface area contributed by atoms with Crippen LogP contribution in [0.2, 0.25) is 0 Å². The molecule has 0 aliphatic heterocycles. The minimum atomic E-state index is -0.265. The SMILES string of the molecule is O=C(Nc1ccccc1)c1ccccc1OCc1nc(-c2ccco2)no1. The highest BCUT2D eigenvalue weighted by Crippen LogP contribution is 2.22. The number of nitrogens with zero attached hydrogens (tertiary/aromatic N) is 2. The van der Waals surface area contributed by atoms with Crippen LogP contribution in [0.1, 0.15) is 16.2 Å². The Morgan fingerprint density at radius 1 is 1.00 bits per heavy atom. The van der Waals surface area contributed by atoms with Gasteiger partial charge in [-0.2, -0.15) is 4.98 Å². The number of hydrogen-bond donors (Lipinski definition) is 1. The highest BCUT2D eigenvalue weighted by atomic mass is 16.5. The lowest BCUT2D eigenvalue weighted by molar-refractivity contribution is 0.102. The highest BCUT2D eigenvalue weighted by molar-refractivity contribution is 6.06. The maximum absolute atomic E-state index is 12.6. The van der Waals surface area contributed by atoms with Gasteiger partial charge in [0.05, 0.1) is 11.8 Å². The van der Waals surface area contributed by atoms with Crippen molar-refractivity contribution in [2.24, 2.45) is 0 Å². The van der Waals surface area contributed by atoms with Gasteiger partial charge in [0.2, 0.25) is 5.82 Å². The topological polar surface area (TPSA) is 90.4 Å². The number of carbonyl (C=O) groups excluding carboxylic acids is 1. The Balaban J connectivity index is 1.46. The maximum atomic E-state index is 12.6. The number of aromatic nitrogens is 2. The highest BCUT2D eigenvalue weighted by Gasteiger charge is 2.15.